The third-order valence-electron chi connectivity index (χ3n) is 3.75. The Morgan fingerprint density at radius 2 is 2.29 bits per heavy atom. The van der Waals surface area contributed by atoms with Crippen LogP contribution >= 0.6 is 11.8 Å². The number of nitrogens with zero attached hydrogens (tertiary/aromatic N) is 1. The van der Waals surface area contributed by atoms with Crippen molar-refractivity contribution in [2.24, 2.45) is 5.73 Å². The van der Waals surface area contributed by atoms with Crippen molar-refractivity contribution in [1.82, 2.24) is 10.3 Å². The van der Waals surface area contributed by atoms with Gasteiger partial charge in [-0.1, -0.05) is 23.9 Å². The summed E-state index contributed by atoms with van der Waals surface area (Å²) in [6.45, 7) is 1.88. The fourth-order valence-corrected chi connectivity index (χ4v) is 3.20. The van der Waals surface area contributed by atoms with Crippen molar-refractivity contribution in [2.75, 3.05) is 5.75 Å². The molecule has 1 unspecified atom stereocenters. The van der Waals surface area contributed by atoms with Crippen LogP contribution in [0.1, 0.15) is 26.2 Å². The number of oxazole rings is 1. The first kappa shape index (κ1) is 14.4. The number of fused-ring (bicyclic) bond motifs is 1. The van der Waals surface area contributed by atoms with E-state index in [-0.39, 0.29) is 5.91 Å². The number of hydrogen-bond acceptors (Lipinski definition) is 5. The van der Waals surface area contributed by atoms with Crippen molar-refractivity contribution in [2.45, 2.75) is 43.0 Å². The Morgan fingerprint density at radius 3 is 2.95 bits per heavy atom. The smallest absolute Gasteiger partial charge is 0.256 e. The van der Waals surface area contributed by atoms with E-state index in [2.05, 4.69) is 10.3 Å². The minimum absolute atomic E-state index is 0.299. The van der Waals surface area contributed by atoms with Crippen LogP contribution in [0.5, 0.6) is 0 Å². The summed E-state index contributed by atoms with van der Waals surface area (Å²) in [6, 6.07) is 8.12. The van der Waals surface area contributed by atoms with Gasteiger partial charge in [0.1, 0.15) is 5.52 Å². The first-order chi connectivity index (χ1) is 10.1. The molecule has 1 aromatic carbocycles. The zero-order valence-corrected chi connectivity index (χ0v) is 12.8. The summed E-state index contributed by atoms with van der Waals surface area (Å²) in [4.78, 5) is 16.1. The molecular weight excluding hydrogens is 286 g/mol. The Morgan fingerprint density at radius 1 is 1.52 bits per heavy atom. The van der Waals surface area contributed by atoms with Crippen molar-refractivity contribution < 1.29 is 9.21 Å². The molecule has 3 rings (SSSR count). The number of rotatable bonds is 7. The number of carbonyl (C=O) groups is 1. The SMILES string of the molecule is CC(CCSc1nc2ccccc2o1)(NC1CC1)C(N)=O. The standard InChI is InChI=1S/C15H19N3O2S/c1-15(13(16)19,18-10-6-7-10)8-9-21-14-17-11-4-2-3-5-12(11)20-14/h2-5,10,18H,6-9H2,1H3,(H2,16,19). The average molecular weight is 305 g/mol. The molecule has 0 saturated heterocycles. The molecule has 21 heavy (non-hydrogen) atoms. The lowest BCUT2D eigenvalue weighted by molar-refractivity contribution is -0.124. The molecule has 0 radical (unpaired) electrons. The molecule has 3 N–H and O–H groups in total. The average Bonchev–Trinajstić information content (AvgIpc) is 3.15. The van der Waals surface area contributed by atoms with Gasteiger partial charge in [0.15, 0.2) is 5.58 Å². The van der Waals surface area contributed by atoms with E-state index in [4.69, 9.17) is 10.2 Å². The number of carbonyl (C=O) groups excluding carboxylic acids is 1. The van der Waals surface area contributed by atoms with E-state index in [9.17, 15) is 4.79 Å². The molecule has 1 aliphatic rings. The first-order valence-electron chi connectivity index (χ1n) is 7.13. The van der Waals surface area contributed by atoms with Gasteiger partial charge in [-0.2, -0.15) is 0 Å². The number of aromatic nitrogens is 1. The minimum atomic E-state index is -0.653. The van der Waals surface area contributed by atoms with Gasteiger partial charge in [0, 0.05) is 11.8 Å². The van der Waals surface area contributed by atoms with E-state index in [1.54, 1.807) is 0 Å². The molecule has 1 amide bonds. The summed E-state index contributed by atoms with van der Waals surface area (Å²) >= 11 is 1.51. The fourth-order valence-electron chi connectivity index (χ4n) is 2.20. The van der Waals surface area contributed by atoms with Gasteiger partial charge in [-0.05, 0) is 38.3 Å². The molecule has 1 aliphatic carbocycles. The van der Waals surface area contributed by atoms with Crippen LogP contribution in [0, 0.1) is 0 Å². The van der Waals surface area contributed by atoms with Gasteiger partial charge in [-0.15, -0.1) is 0 Å². The topological polar surface area (TPSA) is 81.2 Å². The lowest BCUT2D eigenvalue weighted by Gasteiger charge is -2.27. The van der Waals surface area contributed by atoms with Gasteiger partial charge < -0.3 is 15.5 Å². The number of amides is 1. The highest BCUT2D eigenvalue weighted by Crippen LogP contribution is 2.28. The van der Waals surface area contributed by atoms with Gasteiger partial charge in [0.05, 0.1) is 5.54 Å². The van der Waals surface area contributed by atoms with Crippen LogP contribution < -0.4 is 11.1 Å². The largest absolute Gasteiger partial charge is 0.431 e. The number of benzene rings is 1. The second kappa shape index (κ2) is 5.69. The molecule has 0 bridgehead atoms. The number of nitrogens with two attached hydrogens (primary N) is 1. The summed E-state index contributed by atoms with van der Waals surface area (Å²) in [7, 11) is 0. The Balaban J connectivity index is 1.59. The molecule has 1 fully saturated rings. The van der Waals surface area contributed by atoms with E-state index in [1.165, 1.54) is 11.8 Å². The normalized spacial score (nSPS) is 17.8. The van der Waals surface area contributed by atoms with E-state index in [1.807, 2.05) is 31.2 Å². The molecule has 1 heterocycles. The van der Waals surface area contributed by atoms with Crippen molar-refractivity contribution in [3.63, 3.8) is 0 Å². The Bertz CT molecular complexity index is 620. The highest BCUT2D eigenvalue weighted by atomic mass is 32.2. The maximum absolute atomic E-state index is 11.7. The Labute approximate surface area is 127 Å². The number of primary amides is 1. The molecule has 5 nitrogen and oxygen atoms in total. The number of hydrogen-bond donors (Lipinski definition) is 2. The Hall–Kier alpha value is -1.53. The predicted molar refractivity (Wildman–Crippen MR) is 83.1 cm³/mol. The first-order valence-corrected chi connectivity index (χ1v) is 8.11. The van der Waals surface area contributed by atoms with Gasteiger partial charge >= 0.3 is 0 Å². The molecule has 0 aliphatic heterocycles. The number of nitrogens with one attached hydrogen (secondary N) is 1. The zero-order chi connectivity index (χ0) is 14.9. The van der Waals surface area contributed by atoms with Gasteiger partial charge in [-0.3, -0.25) is 4.79 Å². The Kier molecular flexibility index (Phi) is 3.91. The van der Waals surface area contributed by atoms with Crippen LogP contribution in [0.25, 0.3) is 11.1 Å². The molecular formula is C15H19N3O2S. The van der Waals surface area contributed by atoms with Crippen LogP contribution in [0.15, 0.2) is 33.9 Å². The molecule has 0 spiro atoms. The quantitative estimate of drug-likeness (QED) is 0.767. The van der Waals surface area contributed by atoms with E-state index in [0.29, 0.717) is 17.7 Å². The van der Waals surface area contributed by atoms with Crippen LogP contribution in [0.3, 0.4) is 0 Å². The molecule has 1 saturated carbocycles. The highest BCUT2D eigenvalue weighted by Gasteiger charge is 2.36. The lowest BCUT2D eigenvalue weighted by atomic mass is 9.98. The monoisotopic (exact) mass is 305 g/mol. The molecule has 1 atom stereocenters. The maximum atomic E-state index is 11.7. The third kappa shape index (κ3) is 3.39. The van der Waals surface area contributed by atoms with Crippen LogP contribution in [0.2, 0.25) is 0 Å². The number of thioether (sulfide) groups is 1. The molecule has 1 aromatic heterocycles. The van der Waals surface area contributed by atoms with Crippen LogP contribution in [0.4, 0.5) is 0 Å². The highest BCUT2D eigenvalue weighted by molar-refractivity contribution is 7.99. The van der Waals surface area contributed by atoms with Crippen LogP contribution in [-0.2, 0) is 4.79 Å². The van der Waals surface area contributed by atoms with E-state index in [0.717, 1.165) is 29.7 Å². The maximum Gasteiger partial charge on any atom is 0.256 e. The van der Waals surface area contributed by atoms with Crippen molar-refractivity contribution in [1.29, 1.82) is 0 Å². The summed E-state index contributed by atoms with van der Waals surface area (Å²) in [5, 5.41) is 3.97. The van der Waals surface area contributed by atoms with E-state index >= 15 is 0 Å². The molecule has 6 heteroatoms. The fraction of sp³-hybridized carbons (Fsp3) is 0.467. The summed E-state index contributed by atoms with van der Waals surface area (Å²) in [5.41, 5.74) is 6.53. The number of para-hydroxylation sites is 2. The minimum Gasteiger partial charge on any atom is -0.431 e. The van der Waals surface area contributed by atoms with Crippen molar-refractivity contribution in [3.8, 4) is 0 Å². The molecule has 2 aromatic rings. The van der Waals surface area contributed by atoms with Gasteiger partial charge in [0.25, 0.3) is 5.22 Å². The van der Waals surface area contributed by atoms with Crippen molar-refractivity contribution in [3.05, 3.63) is 24.3 Å². The molecule has 112 valence electrons. The van der Waals surface area contributed by atoms with E-state index < -0.39 is 5.54 Å². The lowest BCUT2D eigenvalue weighted by Crippen LogP contribution is -2.54. The predicted octanol–water partition coefficient (Wildman–Crippen LogP) is 2.31. The summed E-state index contributed by atoms with van der Waals surface area (Å²) in [5.74, 6) is 0.430. The van der Waals surface area contributed by atoms with Gasteiger partial charge in [-0.25, -0.2) is 4.98 Å². The second-order valence-electron chi connectivity index (χ2n) is 5.66. The third-order valence-corrected chi connectivity index (χ3v) is 4.58. The van der Waals surface area contributed by atoms with Gasteiger partial charge in [0.2, 0.25) is 5.91 Å². The second-order valence-corrected chi connectivity index (χ2v) is 6.71. The van der Waals surface area contributed by atoms with Crippen LogP contribution in [-0.4, -0.2) is 28.2 Å². The summed E-state index contributed by atoms with van der Waals surface area (Å²) < 4.78 is 5.65. The van der Waals surface area contributed by atoms with Crippen molar-refractivity contribution >= 4 is 28.8 Å². The zero-order valence-electron chi connectivity index (χ0n) is 12.0. The summed E-state index contributed by atoms with van der Waals surface area (Å²) in [6.07, 6.45) is 2.91.